The lowest BCUT2D eigenvalue weighted by molar-refractivity contribution is -0.143. The number of hydrogen-bond donors (Lipinski definition) is 1. The Morgan fingerprint density at radius 3 is 2.19 bits per heavy atom. The second kappa shape index (κ2) is 12.1. The third-order valence-corrected chi connectivity index (χ3v) is 6.13. The van der Waals surface area contributed by atoms with Crippen LogP contribution < -0.4 is 10.1 Å². The van der Waals surface area contributed by atoms with E-state index < -0.39 is 11.6 Å². The fraction of sp³-hybridized carbons (Fsp3) is 0.333. The Bertz CT molecular complexity index is 1170. The molecule has 1 atom stereocenters. The highest BCUT2D eigenvalue weighted by Crippen LogP contribution is 2.20. The van der Waals surface area contributed by atoms with E-state index in [1.165, 1.54) is 0 Å². The highest BCUT2D eigenvalue weighted by molar-refractivity contribution is 6.30. The number of nitrogens with zero attached hydrogens (tertiary/aromatic N) is 1. The Morgan fingerprint density at radius 2 is 1.58 bits per heavy atom. The van der Waals surface area contributed by atoms with E-state index in [1.54, 1.807) is 17.0 Å². The van der Waals surface area contributed by atoms with E-state index in [2.05, 4.69) is 5.32 Å². The van der Waals surface area contributed by atoms with Gasteiger partial charge in [0.15, 0.2) is 6.61 Å². The quantitative estimate of drug-likeness (QED) is 0.393. The van der Waals surface area contributed by atoms with Crippen LogP contribution in [0.25, 0.3) is 0 Å². The molecule has 0 spiro atoms. The summed E-state index contributed by atoms with van der Waals surface area (Å²) in [6, 6.07) is 22.1. The van der Waals surface area contributed by atoms with Crippen LogP contribution in [0, 0.1) is 13.8 Å². The fourth-order valence-corrected chi connectivity index (χ4v) is 3.95. The van der Waals surface area contributed by atoms with Crippen molar-refractivity contribution in [3.63, 3.8) is 0 Å². The number of ether oxygens (including phenoxy) is 1. The second-order valence-corrected chi connectivity index (χ2v) is 10.6. The van der Waals surface area contributed by atoms with Crippen molar-refractivity contribution in [2.45, 2.75) is 59.2 Å². The van der Waals surface area contributed by atoms with Gasteiger partial charge in [0.25, 0.3) is 5.91 Å². The standard InChI is InChI=1S/C30H35ClN2O3/c1-21-11-16-26(17-22(21)2)36-20-28(34)33(19-24-12-14-25(31)15-13-24)27(29(35)32-30(3,4)5)18-23-9-7-6-8-10-23/h6-17,27H,18-20H2,1-5H3,(H,32,35)/t27-/m1/s1. The van der Waals surface area contributed by atoms with Crippen molar-refractivity contribution in [1.82, 2.24) is 10.2 Å². The van der Waals surface area contributed by atoms with Crippen LogP contribution in [0.1, 0.15) is 43.0 Å². The van der Waals surface area contributed by atoms with Crippen molar-refractivity contribution in [2.75, 3.05) is 6.61 Å². The van der Waals surface area contributed by atoms with Crippen molar-refractivity contribution in [1.29, 1.82) is 0 Å². The Hall–Kier alpha value is -3.31. The average Bonchev–Trinajstić information content (AvgIpc) is 2.82. The van der Waals surface area contributed by atoms with Crippen LogP contribution in [0.3, 0.4) is 0 Å². The molecule has 3 aromatic carbocycles. The third kappa shape index (κ3) is 8.13. The van der Waals surface area contributed by atoms with Crippen LogP contribution in [0.5, 0.6) is 5.75 Å². The zero-order valence-electron chi connectivity index (χ0n) is 21.7. The van der Waals surface area contributed by atoms with Gasteiger partial charge in [-0.2, -0.15) is 0 Å². The Labute approximate surface area is 219 Å². The zero-order valence-corrected chi connectivity index (χ0v) is 22.4. The topological polar surface area (TPSA) is 58.6 Å². The number of halogens is 1. The van der Waals surface area contributed by atoms with Gasteiger partial charge in [-0.3, -0.25) is 9.59 Å². The van der Waals surface area contributed by atoms with E-state index in [0.29, 0.717) is 17.2 Å². The first-order valence-corrected chi connectivity index (χ1v) is 12.5. The van der Waals surface area contributed by atoms with E-state index in [0.717, 1.165) is 22.3 Å². The van der Waals surface area contributed by atoms with Crippen LogP contribution in [0.15, 0.2) is 72.8 Å². The van der Waals surface area contributed by atoms with Gasteiger partial charge in [-0.1, -0.05) is 60.1 Å². The van der Waals surface area contributed by atoms with Crippen molar-refractivity contribution >= 4 is 23.4 Å². The number of carbonyl (C=O) groups excluding carboxylic acids is 2. The maximum Gasteiger partial charge on any atom is 0.261 e. The summed E-state index contributed by atoms with van der Waals surface area (Å²) in [6.45, 7) is 9.89. The van der Waals surface area contributed by atoms with Gasteiger partial charge in [0, 0.05) is 23.5 Å². The fourth-order valence-electron chi connectivity index (χ4n) is 3.83. The number of benzene rings is 3. The molecule has 0 heterocycles. The van der Waals surface area contributed by atoms with E-state index in [-0.39, 0.29) is 25.0 Å². The van der Waals surface area contributed by atoms with Crippen LogP contribution in [-0.2, 0) is 22.6 Å². The van der Waals surface area contributed by atoms with Crippen molar-refractivity contribution in [2.24, 2.45) is 0 Å². The van der Waals surface area contributed by atoms with Crippen LogP contribution in [0.4, 0.5) is 0 Å². The number of nitrogens with one attached hydrogen (secondary N) is 1. The van der Waals surface area contributed by atoms with Gasteiger partial charge < -0.3 is 15.0 Å². The predicted octanol–water partition coefficient (Wildman–Crippen LogP) is 5.89. The molecule has 2 amide bonds. The molecule has 0 saturated carbocycles. The lowest BCUT2D eigenvalue weighted by Gasteiger charge is -2.33. The van der Waals surface area contributed by atoms with E-state index in [1.807, 2.05) is 95.3 Å². The molecule has 0 radical (unpaired) electrons. The van der Waals surface area contributed by atoms with Gasteiger partial charge in [0.05, 0.1) is 0 Å². The Balaban J connectivity index is 1.92. The van der Waals surface area contributed by atoms with Gasteiger partial charge >= 0.3 is 0 Å². The van der Waals surface area contributed by atoms with Gasteiger partial charge in [-0.05, 0) is 81.1 Å². The van der Waals surface area contributed by atoms with Crippen LogP contribution >= 0.6 is 11.6 Å². The minimum absolute atomic E-state index is 0.176. The smallest absolute Gasteiger partial charge is 0.261 e. The maximum atomic E-state index is 13.6. The number of hydrogen-bond acceptors (Lipinski definition) is 3. The maximum absolute atomic E-state index is 13.6. The summed E-state index contributed by atoms with van der Waals surface area (Å²) in [5.74, 6) is 0.143. The molecular formula is C30H35ClN2O3. The van der Waals surface area contributed by atoms with Gasteiger partial charge in [0.1, 0.15) is 11.8 Å². The molecule has 0 aliphatic heterocycles. The van der Waals surface area contributed by atoms with E-state index >= 15 is 0 Å². The van der Waals surface area contributed by atoms with Crippen molar-refractivity contribution in [3.8, 4) is 5.75 Å². The number of amides is 2. The van der Waals surface area contributed by atoms with Gasteiger partial charge in [-0.15, -0.1) is 0 Å². The lowest BCUT2D eigenvalue weighted by atomic mass is 10.0. The first-order valence-electron chi connectivity index (χ1n) is 12.1. The lowest BCUT2D eigenvalue weighted by Crippen LogP contribution is -2.55. The number of carbonyl (C=O) groups is 2. The summed E-state index contributed by atoms with van der Waals surface area (Å²) in [5.41, 5.74) is 3.64. The summed E-state index contributed by atoms with van der Waals surface area (Å²) >= 11 is 6.08. The van der Waals surface area contributed by atoms with Crippen molar-refractivity contribution < 1.29 is 14.3 Å². The molecule has 36 heavy (non-hydrogen) atoms. The minimum atomic E-state index is -0.724. The monoisotopic (exact) mass is 506 g/mol. The summed E-state index contributed by atoms with van der Waals surface area (Å²) in [5, 5.41) is 3.67. The summed E-state index contributed by atoms with van der Waals surface area (Å²) in [7, 11) is 0. The van der Waals surface area contributed by atoms with Crippen LogP contribution in [-0.4, -0.2) is 34.9 Å². The molecule has 5 nitrogen and oxygen atoms in total. The molecule has 3 aromatic rings. The molecule has 0 fully saturated rings. The first kappa shape index (κ1) is 27.3. The Kier molecular flexibility index (Phi) is 9.16. The summed E-state index contributed by atoms with van der Waals surface area (Å²) < 4.78 is 5.88. The molecule has 3 rings (SSSR count). The molecule has 0 saturated heterocycles. The highest BCUT2D eigenvalue weighted by Gasteiger charge is 2.32. The SMILES string of the molecule is Cc1ccc(OCC(=O)N(Cc2ccc(Cl)cc2)[C@H](Cc2ccccc2)C(=O)NC(C)(C)C)cc1C. The molecule has 0 bridgehead atoms. The molecule has 1 N–H and O–H groups in total. The molecule has 0 aromatic heterocycles. The Morgan fingerprint density at radius 1 is 0.917 bits per heavy atom. The average molecular weight is 507 g/mol. The first-order chi connectivity index (χ1) is 17.0. The number of rotatable bonds is 9. The predicted molar refractivity (Wildman–Crippen MR) is 145 cm³/mol. The normalized spacial score (nSPS) is 12.1. The summed E-state index contributed by atoms with van der Waals surface area (Å²) in [4.78, 5) is 28.8. The molecule has 190 valence electrons. The van der Waals surface area contributed by atoms with E-state index in [9.17, 15) is 9.59 Å². The van der Waals surface area contributed by atoms with Gasteiger partial charge in [0.2, 0.25) is 5.91 Å². The van der Waals surface area contributed by atoms with Gasteiger partial charge in [-0.25, -0.2) is 0 Å². The number of aryl methyl sites for hydroxylation is 2. The highest BCUT2D eigenvalue weighted by atomic mass is 35.5. The minimum Gasteiger partial charge on any atom is -0.484 e. The molecule has 0 unspecified atom stereocenters. The largest absolute Gasteiger partial charge is 0.484 e. The van der Waals surface area contributed by atoms with Crippen molar-refractivity contribution in [3.05, 3.63) is 100 Å². The molecule has 0 aliphatic carbocycles. The van der Waals surface area contributed by atoms with E-state index in [4.69, 9.17) is 16.3 Å². The second-order valence-electron chi connectivity index (χ2n) is 10.1. The van der Waals surface area contributed by atoms with Crippen LogP contribution in [0.2, 0.25) is 5.02 Å². The zero-order chi connectivity index (χ0) is 26.3. The molecule has 6 heteroatoms. The molecular weight excluding hydrogens is 472 g/mol. The molecule has 0 aliphatic rings. The third-order valence-electron chi connectivity index (χ3n) is 5.88. The summed E-state index contributed by atoms with van der Waals surface area (Å²) in [6.07, 6.45) is 0.381.